The number of carbonyl (C=O) groups is 1. The fourth-order valence-corrected chi connectivity index (χ4v) is 5.00. The molecule has 1 aliphatic heterocycles. The third-order valence-corrected chi connectivity index (χ3v) is 7.02. The van der Waals surface area contributed by atoms with Crippen molar-refractivity contribution in [1.29, 1.82) is 0 Å². The fourth-order valence-electron chi connectivity index (χ4n) is 5.00. The summed E-state index contributed by atoms with van der Waals surface area (Å²) < 4.78 is 0. The molecule has 2 N–H and O–H groups in total. The van der Waals surface area contributed by atoms with Crippen LogP contribution in [0, 0.1) is 5.92 Å². The van der Waals surface area contributed by atoms with Crippen molar-refractivity contribution in [2.24, 2.45) is 10.9 Å². The summed E-state index contributed by atoms with van der Waals surface area (Å²) in [6.45, 7) is 4.92. The van der Waals surface area contributed by atoms with E-state index in [-0.39, 0.29) is 12.5 Å². The van der Waals surface area contributed by atoms with Crippen molar-refractivity contribution in [3.8, 4) is 0 Å². The molecule has 6 heteroatoms. The second kappa shape index (κ2) is 10.5. The summed E-state index contributed by atoms with van der Waals surface area (Å²) in [6, 6.07) is 1.75. The molecule has 0 spiro atoms. The number of nitrogens with zero attached hydrogens (tertiary/aromatic N) is 3. The standard InChI is InChI=1S/C22H41N5O/c1-17-8-4-7-11-20(17)25-22(23-16-21(28)26(2)3)24-18-12-14-27(15-13-18)19-9-5-6-10-19/h17-20H,4-16H2,1-3H3,(H2,23,24,25). The number of nitrogens with one attached hydrogen (secondary N) is 2. The number of guanidine groups is 1. The second-order valence-electron chi connectivity index (χ2n) is 9.36. The van der Waals surface area contributed by atoms with E-state index in [1.807, 2.05) is 0 Å². The van der Waals surface area contributed by atoms with Crippen molar-refractivity contribution in [2.45, 2.75) is 89.3 Å². The highest BCUT2D eigenvalue weighted by Crippen LogP contribution is 2.26. The Morgan fingerprint density at radius 3 is 2.25 bits per heavy atom. The molecular weight excluding hydrogens is 350 g/mol. The fraction of sp³-hybridized carbons (Fsp3) is 0.909. The Bertz CT molecular complexity index is 521. The van der Waals surface area contributed by atoms with Gasteiger partial charge in [0.25, 0.3) is 0 Å². The van der Waals surface area contributed by atoms with E-state index < -0.39 is 0 Å². The molecule has 1 saturated heterocycles. The first-order valence-electron chi connectivity index (χ1n) is 11.5. The van der Waals surface area contributed by atoms with Gasteiger partial charge in [0.15, 0.2) is 5.96 Å². The zero-order valence-electron chi connectivity index (χ0n) is 18.3. The Morgan fingerprint density at radius 2 is 1.61 bits per heavy atom. The lowest BCUT2D eigenvalue weighted by atomic mass is 9.86. The molecule has 2 saturated carbocycles. The molecule has 2 atom stereocenters. The van der Waals surface area contributed by atoms with Crippen LogP contribution < -0.4 is 10.6 Å². The van der Waals surface area contributed by atoms with E-state index in [1.54, 1.807) is 19.0 Å². The average Bonchev–Trinajstić information content (AvgIpc) is 3.23. The van der Waals surface area contributed by atoms with Crippen molar-refractivity contribution < 1.29 is 4.79 Å². The van der Waals surface area contributed by atoms with Crippen molar-refractivity contribution in [3.05, 3.63) is 0 Å². The van der Waals surface area contributed by atoms with Crippen LogP contribution in [-0.4, -0.2) is 73.5 Å². The average molecular weight is 392 g/mol. The van der Waals surface area contributed by atoms with Gasteiger partial charge in [-0.25, -0.2) is 4.99 Å². The molecule has 160 valence electrons. The van der Waals surface area contributed by atoms with E-state index in [1.165, 1.54) is 77.3 Å². The molecule has 3 rings (SSSR count). The third-order valence-electron chi connectivity index (χ3n) is 7.02. The Morgan fingerprint density at radius 1 is 0.964 bits per heavy atom. The molecule has 1 amide bonds. The van der Waals surface area contributed by atoms with Crippen LogP contribution in [-0.2, 0) is 4.79 Å². The lowest BCUT2D eigenvalue weighted by Crippen LogP contribution is -2.53. The van der Waals surface area contributed by atoms with Crippen LogP contribution in [0.15, 0.2) is 4.99 Å². The largest absolute Gasteiger partial charge is 0.354 e. The van der Waals surface area contributed by atoms with E-state index in [4.69, 9.17) is 0 Å². The molecule has 3 aliphatic rings. The Labute approximate surface area is 171 Å². The van der Waals surface area contributed by atoms with Crippen molar-refractivity contribution >= 4 is 11.9 Å². The summed E-state index contributed by atoms with van der Waals surface area (Å²) in [5.41, 5.74) is 0. The lowest BCUT2D eigenvalue weighted by Gasteiger charge is -2.37. The lowest BCUT2D eigenvalue weighted by molar-refractivity contribution is -0.127. The van der Waals surface area contributed by atoms with Crippen LogP contribution in [0.4, 0.5) is 0 Å². The van der Waals surface area contributed by atoms with Crippen LogP contribution >= 0.6 is 0 Å². The van der Waals surface area contributed by atoms with Gasteiger partial charge in [0.2, 0.25) is 5.91 Å². The summed E-state index contributed by atoms with van der Waals surface area (Å²) >= 11 is 0. The Hall–Kier alpha value is -1.30. The summed E-state index contributed by atoms with van der Waals surface area (Å²) in [7, 11) is 3.58. The number of hydrogen-bond donors (Lipinski definition) is 2. The van der Waals surface area contributed by atoms with E-state index in [0.717, 1.165) is 12.0 Å². The van der Waals surface area contributed by atoms with Crippen LogP contribution in [0.3, 0.4) is 0 Å². The van der Waals surface area contributed by atoms with Gasteiger partial charge in [-0.05, 0) is 44.4 Å². The second-order valence-corrected chi connectivity index (χ2v) is 9.36. The molecule has 6 nitrogen and oxygen atoms in total. The molecule has 3 fully saturated rings. The highest BCUT2D eigenvalue weighted by molar-refractivity contribution is 5.85. The van der Waals surface area contributed by atoms with E-state index in [0.29, 0.717) is 18.0 Å². The topological polar surface area (TPSA) is 60.0 Å². The molecule has 0 bridgehead atoms. The van der Waals surface area contributed by atoms with Crippen molar-refractivity contribution in [3.63, 3.8) is 0 Å². The van der Waals surface area contributed by atoms with Gasteiger partial charge in [-0.1, -0.05) is 32.6 Å². The highest BCUT2D eigenvalue weighted by atomic mass is 16.2. The summed E-state index contributed by atoms with van der Waals surface area (Å²) in [6.07, 6.45) is 13.0. The number of amides is 1. The molecule has 0 aromatic heterocycles. The maximum atomic E-state index is 12.0. The monoisotopic (exact) mass is 391 g/mol. The minimum atomic E-state index is 0.0499. The van der Waals surface area contributed by atoms with E-state index >= 15 is 0 Å². The van der Waals surface area contributed by atoms with Crippen LogP contribution in [0.5, 0.6) is 0 Å². The number of likely N-dealkylation sites (N-methyl/N-ethyl adjacent to an activating group) is 1. The number of hydrogen-bond acceptors (Lipinski definition) is 3. The quantitative estimate of drug-likeness (QED) is 0.559. The number of carbonyl (C=O) groups excluding carboxylic acids is 1. The minimum absolute atomic E-state index is 0.0499. The van der Waals surface area contributed by atoms with Gasteiger partial charge in [0, 0.05) is 45.3 Å². The van der Waals surface area contributed by atoms with E-state index in [9.17, 15) is 4.79 Å². The van der Waals surface area contributed by atoms with Crippen molar-refractivity contribution in [2.75, 3.05) is 33.7 Å². The maximum Gasteiger partial charge on any atom is 0.243 e. The summed E-state index contributed by atoms with van der Waals surface area (Å²) in [5.74, 6) is 1.55. The number of piperidine rings is 1. The third kappa shape index (κ3) is 6.10. The number of likely N-dealkylation sites (tertiary alicyclic amines) is 1. The van der Waals surface area contributed by atoms with Gasteiger partial charge in [0.1, 0.15) is 6.54 Å². The van der Waals surface area contributed by atoms with Crippen molar-refractivity contribution in [1.82, 2.24) is 20.4 Å². The van der Waals surface area contributed by atoms with Gasteiger partial charge in [-0.15, -0.1) is 0 Å². The highest BCUT2D eigenvalue weighted by Gasteiger charge is 2.28. The molecule has 2 aliphatic carbocycles. The van der Waals surface area contributed by atoms with E-state index in [2.05, 4.69) is 27.4 Å². The van der Waals surface area contributed by atoms with Gasteiger partial charge >= 0.3 is 0 Å². The molecular formula is C22H41N5O. The molecule has 0 aromatic rings. The molecule has 1 heterocycles. The predicted octanol–water partition coefficient (Wildman–Crippen LogP) is 2.60. The van der Waals surface area contributed by atoms with Crippen LogP contribution in [0.2, 0.25) is 0 Å². The first-order chi connectivity index (χ1) is 13.5. The minimum Gasteiger partial charge on any atom is -0.354 e. The first-order valence-corrected chi connectivity index (χ1v) is 11.5. The molecule has 2 unspecified atom stereocenters. The van der Waals surface area contributed by atoms with Gasteiger partial charge in [-0.3, -0.25) is 4.79 Å². The molecule has 28 heavy (non-hydrogen) atoms. The van der Waals surface area contributed by atoms with Crippen LogP contribution in [0.1, 0.15) is 71.1 Å². The molecule has 0 radical (unpaired) electrons. The zero-order chi connectivity index (χ0) is 19.9. The number of aliphatic imine (C=N–C) groups is 1. The van der Waals surface area contributed by atoms with Gasteiger partial charge in [0.05, 0.1) is 0 Å². The van der Waals surface area contributed by atoms with Crippen LogP contribution in [0.25, 0.3) is 0 Å². The Balaban J connectivity index is 1.55. The Kier molecular flexibility index (Phi) is 8.00. The number of rotatable bonds is 5. The smallest absolute Gasteiger partial charge is 0.243 e. The SMILES string of the molecule is CC1CCCCC1NC(=NCC(=O)N(C)C)NC1CCN(C2CCCC2)CC1. The summed E-state index contributed by atoms with van der Waals surface area (Å²) in [4.78, 5) is 21.0. The summed E-state index contributed by atoms with van der Waals surface area (Å²) in [5, 5.41) is 7.34. The van der Waals surface area contributed by atoms with Gasteiger partial charge in [-0.2, -0.15) is 0 Å². The van der Waals surface area contributed by atoms with Gasteiger partial charge < -0.3 is 20.4 Å². The maximum absolute atomic E-state index is 12.0. The zero-order valence-corrected chi connectivity index (χ0v) is 18.3. The first kappa shape index (κ1) is 21.4. The molecule has 0 aromatic carbocycles. The normalized spacial score (nSPS) is 28.3. The predicted molar refractivity (Wildman–Crippen MR) is 116 cm³/mol.